The molecule has 1 unspecified atom stereocenters. The van der Waals surface area contributed by atoms with Gasteiger partial charge in [0.15, 0.2) is 0 Å². The molecule has 0 bridgehead atoms. The maximum absolute atomic E-state index is 13.4. The number of hydrogen-bond donors (Lipinski definition) is 0. The highest BCUT2D eigenvalue weighted by molar-refractivity contribution is 9.09. The number of alkyl halides is 1. The first-order chi connectivity index (χ1) is 12.2. The minimum atomic E-state index is -1.46. The molecular formula is C20H33BrO3SSi. The number of carbonyl (C=O) groups excluding carboxylic acids is 1. The van der Waals surface area contributed by atoms with Gasteiger partial charge in [0.1, 0.15) is 0 Å². The third kappa shape index (κ3) is 8.48. The van der Waals surface area contributed by atoms with Crippen molar-refractivity contribution in [1.29, 1.82) is 0 Å². The third-order valence-electron chi connectivity index (χ3n) is 4.31. The van der Waals surface area contributed by atoms with Gasteiger partial charge in [0, 0.05) is 30.0 Å². The van der Waals surface area contributed by atoms with E-state index >= 15 is 0 Å². The van der Waals surface area contributed by atoms with E-state index in [0.29, 0.717) is 13.0 Å². The van der Waals surface area contributed by atoms with Crippen LogP contribution in [-0.4, -0.2) is 35.4 Å². The van der Waals surface area contributed by atoms with E-state index in [4.69, 9.17) is 4.74 Å². The van der Waals surface area contributed by atoms with Gasteiger partial charge in [-0.25, -0.2) is 0 Å². The topological polar surface area (TPSA) is 43.4 Å². The fraction of sp³-hybridized carbons (Fsp3) is 0.650. The molecule has 1 aromatic rings. The quantitative estimate of drug-likeness (QED) is 0.246. The summed E-state index contributed by atoms with van der Waals surface area (Å²) in [7, 11) is -2.57. The van der Waals surface area contributed by atoms with Crippen LogP contribution >= 0.6 is 15.9 Å². The molecule has 0 amide bonds. The molecule has 0 fully saturated rings. The van der Waals surface area contributed by atoms with Crippen LogP contribution in [0.3, 0.4) is 0 Å². The molecule has 0 aromatic heterocycles. The predicted molar refractivity (Wildman–Crippen MR) is 117 cm³/mol. The van der Waals surface area contributed by atoms with Crippen molar-refractivity contribution in [3.63, 3.8) is 0 Å². The molecular weight excluding hydrogens is 428 g/mol. The normalized spacial score (nSPS) is 15.3. The molecule has 3 nitrogen and oxygen atoms in total. The van der Waals surface area contributed by atoms with E-state index < -0.39 is 18.9 Å². The van der Waals surface area contributed by atoms with Crippen LogP contribution in [0.5, 0.6) is 0 Å². The van der Waals surface area contributed by atoms with E-state index in [0.717, 1.165) is 34.7 Å². The van der Waals surface area contributed by atoms with E-state index in [1.54, 1.807) is 0 Å². The Morgan fingerprint density at radius 2 is 1.85 bits per heavy atom. The molecule has 0 heterocycles. The fourth-order valence-electron chi connectivity index (χ4n) is 3.06. The number of hydrogen-bond acceptors (Lipinski definition) is 3. The Hall–Kier alpha value is -0.463. The zero-order valence-corrected chi connectivity index (χ0v) is 20.1. The summed E-state index contributed by atoms with van der Waals surface area (Å²) < 4.78 is 18.6. The molecule has 0 N–H and O–H groups in total. The van der Waals surface area contributed by atoms with E-state index in [2.05, 4.69) is 35.6 Å². The van der Waals surface area contributed by atoms with Crippen LogP contribution in [0, 0.1) is 12.8 Å². The molecule has 1 rings (SSSR count). The monoisotopic (exact) mass is 460 g/mol. The SMILES string of the molecule is CCOC(=O)CC(CCCBr)[C@H](C[Si](C)(C)C)[S@@](=O)c1ccc(C)cc1. The highest BCUT2D eigenvalue weighted by Gasteiger charge is 2.33. The van der Waals surface area contributed by atoms with Gasteiger partial charge in [0.05, 0.1) is 17.4 Å². The average Bonchev–Trinajstić information content (AvgIpc) is 2.56. The number of halogens is 1. The highest BCUT2D eigenvalue weighted by Crippen LogP contribution is 2.31. The maximum Gasteiger partial charge on any atom is 0.306 e. The first kappa shape index (κ1) is 23.6. The van der Waals surface area contributed by atoms with Gasteiger partial charge in [-0.3, -0.25) is 9.00 Å². The number of aryl methyl sites for hydroxylation is 1. The third-order valence-corrected chi connectivity index (χ3v) is 8.67. The molecule has 0 radical (unpaired) electrons. The van der Waals surface area contributed by atoms with Crippen molar-refractivity contribution in [3.8, 4) is 0 Å². The second-order valence-electron chi connectivity index (χ2n) is 8.01. The van der Waals surface area contributed by atoms with E-state index in [9.17, 15) is 9.00 Å². The van der Waals surface area contributed by atoms with Crippen molar-refractivity contribution in [2.75, 3.05) is 11.9 Å². The summed E-state index contributed by atoms with van der Waals surface area (Å²) >= 11 is 3.49. The standard InChI is InChI=1S/C20H33BrO3SSi/c1-6-24-20(22)14-17(8-7-13-21)19(15-26(3,4)5)25(23)18-11-9-16(2)10-12-18/h9-12,17,19H,6-8,13-15H2,1-5H3/t17?,19-,25-/m0/s1. The first-order valence-corrected chi connectivity index (χ1v) is 15.4. The van der Waals surface area contributed by atoms with Crippen molar-refractivity contribution in [2.24, 2.45) is 5.92 Å². The summed E-state index contributed by atoms with van der Waals surface area (Å²) in [6.07, 6.45) is 2.21. The number of benzene rings is 1. The Bertz CT molecular complexity index is 584. The lowest BCUT2D eigenvalue weighted by Crippen LogP contribution is -2.36. The largest absolute Gasteiger partial charge is 0.466 e. The second kappa shape index (κ2) is 11.4. The Balaban J connectivity index is 3.13. The first-order valence-electron chi connectivity index (χ1n) is 9.36. The van der Waals surface area contributed by atoms with Gasteiger partial charge in [-0.1, -0.05) is 53.3 Å². The lowest BCUT2D eigenvalue weighted by atomic mass is 9.96. The molecule has 0 aliphatic heterocycles. The van der Waals surface area contributed by atoms with E-state index in [1.807, 2.05) is 38.1 Å². The van der Waals surface area contributed by atoms with Crippen molar-refractivity contribution in [1.82, 2.24) is 0 Å². The Labute approximate surface area is 170 Å². The van der Waals surface area contributed by atoms with Crippen LogP contribution < -0.4 is 0 Å². The second-order valence-corrected chi connectivity index (χ2v) is 16.0. The van der Waals surface area contributed by atoms with Gasteiger partial charge in [-0.2, -0.15) is 0 Å². The van der Waals surface area contributed by atoms with Gasteiger partial charge in [-0.05, 0) is 50.8 Å². The molecule has 6 heteroatoms. The van der Waals surface area contributed by atoms with Crippen LogP contribution in [0.25, 0.3) is 0 Å². The molecule has 0 aliphatic carbocycles. The minimum Gasteiger partial charge on any atom is -0.466 e. The van der Waals surface area contributed by atoms with Crippen molar-refractivity contribution in [2.45, 2.75) is 68.9 Å². The van der Waals surface area contributed by atoms with Gasteiger partial charge in [0.2, 0.25) is 0 Å². The van der Waals surface area contributed by atoms with E-state index in [1.165, 1.54) is 0 Å². The fourth-order valence-corrected chi connectivity index (χ4v) is 8.37. The Kier molecular flexibility index (Phi) is 10.3. The van der Waals surface area contributed by atoms with Crippen LogP contribution in [0.15, 0.2) is 29.2 Å². The smallest absolute Gasteiger partial charge is 0.306 e. The van der Waals surface area contributed by atoms with E-state index in [-0.39, 0.29) is 17.1 Å². The highest BCUT2D eigenvalue weighted by atomic mass is 79.9. The lowest BCUT2D eigenvalue weighted by molar-refractivity contribution is -0.144. The zero-order chi connectivity index (χ0) is 19.7. The van der Waals surface area contributed by atoms with Gasteiger partial charge < -0.3 is 4.74 Å². The van der Waals surface area contributed by atoms with Crippen molar-refractivity contribution < 1.29 is 13.7 Å². The van der Waals surface area contributed by atoms with Crippen LogP contribution in [0.4, 0.5) is 0 Å². The van der Waals surface area contributed by atoms with Gasteiger partial charge >= 0.3 is 5.97 Å². The summed E-state index contributed by atoms with van der Waals surface area (Å²) in [6, 6.07) is 8.90. The van der Waals surface area contributed by atoms with Crippen LogP contribution in [-0.2, 0) is 20.3 Å². The summed E-state index contributed by atoms with van der Waals surface area (Å²) in [5.41, 5.74) is 1.16. The minimum absolute atomic E-state index is 0.00664. The van der Waals surface area contributed by atoms with Gasteiger partial charge in [-0.15, -0.1) is 0 Å². The molecule has 1 aromatic carbocycles. The maximum atomic E-state index is 13.4. The lowest BCUT2D eigenvalue weighted by Gasteiger charge is -2.30. The summed E-state index contributed by atoms with van der Waals surface area (Å²) in [5, 5.41) is 0.885. The predicted octanol–water partition coefficient (Wildman–Crippen LogP) is 5.55. The Morgan fingerprint density at radius 3 is 2.35 bits per heavy atom. The summed E-state index contributed by atoms with van der Waals surface area (Å²) in [5.74, 6) is -0.0889. The van der Waals surface area contributed by atoms with Crippen LogP contribution in [0.1, 0.15) is 31.7 Å². The molecule has 0 saturated heterocycles. The average molecular weight is 462 g/mol. The van der Waals surface area contributed by atoms with Crippen molar-refractivity contribution >= 4 is 40.8 Å². The number of ether oxygens (including phenoxy) is 1. The van der Waals surface area contributed by atoms with Gasteiger partial charge in [0.25, 0.3) is 0 Å². The number of esters is 1. The molecule has 26 heavy (non-hydrogen) atoms. The zero-order valence-electron chi connectivity index (χ0n) is 16.7. The summed E-state index contributed by atoms with van der Waals surface area (Å²) in [4.78, 5) is 13.0. The summed E-state index contributed by atoms with van der Waals surface area (Å²) in [6.45, 7) is 11.2. The molecule has 0 saturated carbocycles. The molecule has 3 atom stereocenters. The number of rotatable bonds is 11. The number of carbonyl (C=O) groups is 1. The van der Waals surface area contributed by atoms with Crippen LogP contribution in [0.2, 0.25) is 25.7 Å². The molecule has 148 valence electrons. The molecule has 0 aliphatic rings. The Morgan fingerprint density at radius 1 is 1.23 bits per heavy atom. The van der Waals surface area contributed by atoms with Crippen molar-refractivity contribution in [3.05, 3.63) is 29.8 Å². The molecule has 0 spiro atoms.